The summed E-state index contributed by atoms with van der Waals surface area (Å²) in [7, 11) is 3.62. The highest BCUT2D eigenvalue weighted by molar-refractivity contribution is 14.0. The average Bonchev–Trinajstić information content (AvgIpc) is 2.00. The Balaban J connectivity index is 0.000000810. The minimum Gasteiger partial charge on any atom is -0.107 e. The molecule has 3 heteroatoms. The van der Waals surface area contributed by atoms with E-state index in [-0.39, 0.29) is 24.0 Å². The Bertz CT molecular complexity index is 134. The maximum absolute atomic E-state index is 2.15. The minimum absolute atomic E-state index is 0. The summed E-state index contributed by atoms with van der Waals surface area (Å²) >= 11 is 0. The lowest BCUT2D eigenvalue weighted by molar-refractivity contribution is 1.77. The van der Waals surface area contributed by atoms with Gasteiger partial charge in [-0.2, -0.15) is 0 Å². The van der Waals surface area contributed by atoms with Gasteiger partial charge in [-0.1, -0.05) is 52.0 Å². The van der Waals surface area contributed by atoms with Crippen LogP contribution in [0.15, 0.2) is 35.8 Å². The van der Waals surface area contributed by atoms with Gasteiger partial charge in [0.05, 0.1) is 0 Å². The highest BCUT2D eigenvalue weighted by Gasteiger charge is 1.80. The summed E-state index contributed by atoms with van der Waals surface area (Å²) in [5, 5.41) is 2.09. The molecule has 0 nitrogen and oxygen atoms in total. The first-order valence-electron chi connectivity index (χ1n) is 2.77. The van der Waals surface area contributed by atoms with Crippen LogP contribution in [0, 0.1) is 0 Å². The molecular formula is C7H9IS2. The molecule has 56 valence electrons. The Morgan fingerprint density at radius 3 is 2.70 bits per heavy atom. The zero-order chi connectivity index (χ0) is 6.36. The van der Waals surface area contributed by atoms with Crippen molar-refractivity contribution in [2.24, 2.45) is 0 Å². The molecule has 0 aromatic carbocycles. The van der Waals surface area contributed by atoms with Crippen molar-refractivity contribution < 1.29 is 0 Å². The van der Waals surface area contributed by atoms with Crippen molar-refractivity contribution in [2.75, 3.05) is 5.75 Å². The Kier molecular flexibility index (Phi) is 8.26. The minimum atomic E-state index is 0. The molecule has 0 saturated heterocycles. The number of allylic oxidation sites excluding steroid dienone is 4. The van der Waals surface area contributed by atoms with E-state index in [1.807, 2.05) is 29.0 Å². The molecule has 0 bridgehead atoms. The lowest BCUT2D eigenvalue weighted by Crippen LogP contribution is -1.59. The predicted octanol–water partition coefficient (Wildman–Crippen LogP) is 3.63. The maximum atomic E-state index is 2.15. The first kappa shape index (κ1) is 10.7. The highest BCUT2D eigenvalue weighted by atomic mass is 127. The van der Waals surface area contributed by atoms with Crippen LogP contribution in [0.5, 0.6) is 0 Å². The van der Waals surface area contributed by atoms with Crippen molar-refractivity contribution in [2.45, 2.75) is 0 Å². The Hall–Kier alpha value is 0.650. The quantitative estimate of drug-likeness (QED) is 0.492. The van der Waals surface area contributed by atoms with E-state index in [2.05, 4.69) is 17.6 Å². The van der Waals surface area contributed by atoms with Crippen molar-refractivity contribution in [3.8, 4) is 0 Å². The smallest absolute Gasteiger partial charge is 0.0224 e. The molecular weight excluding hydrogens is 275 g/mol. The van der Waals surface area contributed by atoms with Crippen LogP contribution in [0.3, 0.4) is 0 Å². The monoisotopic (exact) mass is 284 g/mol. The van der Waals surface area contributed by atoms with E-state index < -0.39 is 0 Å². The molecule has 0 spiro atoms. The second-order valence-electron chi connectivity index (χ2n) is 1.52. The molecule has 1 aliphatic heterocycles. The van der Waals surface area contributed by atoms with Crippen molar-refractivity contribution in [3.05, 3.63) is 35.8 Å². The van der Waals surface area contributed by atoms with E-state index in [9.17, 15) is 0 Å². The fourth-order valence-electron chi connectivity index (χ4n) is 0.458. The second-order valence-corrected chi connectivity index (χ2v) is 3.84. The molecule has 0 aliphatic carbocycles. The van der Waals surface area contributed by atoms with Gasteiger partial charge in [-0.15, -0.1) is 24.0 Å². The van der Waals surface area contributed by atoms with E-state index in [1.165, 1.54) is 0 Å². The van der Waals surface area contributed by atoms with E-state index in [0.29, 0.717) is 0 Å². The molecule has 0 amide bonds. The SMILES string of the molecule is C1=CC=CSSCC=C1.I. The van der Waals surface area contributed by atoms with Crippen molar-refractivity contribution >= 4 is 45.6 Å². The Labute approximate surface area is 86.6 Å². The molecule has 1 rings (SSSR count). The number of hydrogen-bond acceptors (Lipinski definition) is 2. The maximum Gasteiger partial charge on any atom is 0.0224 e. The summed E-state index contributed by atoms with van der Waals surface area (Å²) < 4.78 is 0. The standard InChI is InChI=1S/C7H8S2.HI/c1-2-4-6-8-9-7-5-3-1;/h1-6H,7H2;1H. The third-order valence-corrected chi connectivity index (χ3v) is 2.72. The predicted molar refractivity (Wildman–Crippen MR) is 62.9 cm³/mol. The van der Waals surface area contributed by atoms with Crippen LogP contribution in [0.25, 0.3) is 0 Å². The molecule has 10 heavy (non-hydrogen) atoms. The molecule has 1 aliphatic rings. The summed E-state index contributed by atoms with van der Waals surface area (Å²) in [5.74, 6) is 1.10. The van der Waals surface area contributed by atoms with Crippen LogP contribution in [0.2, 0.25) is 0 Å². The van der Waals surface area contributed by atoms with Crippen LogP contribution in [-0.4, -0.2) is 5.75 Å². The van der Waals surface area contributed by atoms with Gasteiger partial charge in [0.1, 0.15) is 0 Å². The van der Waals surface area contributed by atoms with Crippen LogP contribution >= 0.6 is 45.6 Å². The van der Waals surface area contributed by atoms with E-state index in [0.717, 1.165) is 5.75 Å². The molecule has 0 aromatic heterocycles. The molecule has 0 N–H and O–H groups in total. The van der Waals surface area contributed by atoms with Gasteiger partial charge in [-0.3, -0.25) is 0 Å². The summed E-state index contributed by atoms with van der Waals surface area (Å²) in [5.41, 5.74) is 0. The van der Waals surface area contributed by atoms with E-state index >= 15 is 0 Å². The van der Waals surface area contributed by atoms with Gasteiger partial charge in [0.2, 0.25) is 0 Å². The highest BCUT2D eigenvalue weighted by Crippen LogP contribution is 2.22. The lowest BCUT2D eigenvalue weighted by atomic mass is 10.4. The summed E-state index contributed by atoms with van der Waals surface area (Å²) in [6, 6.07) is 0. The van der Waals surface area contributed by atoms with Crippen molar-refractivity contribution in [1.82, 2.24) is 0 Å². The normalized spacial score (nSPS) is 16.8. The number of hydrogen-bond donors (Lipinski definition) is 0. The number of rotatable bonds is 0. The molecule has 0 fully saturated rings. The van der Waals surface area contributed by atoms with Crippen LogP contribution < -0.4 is 0 Å². The summed E-state index contributed by atoms with van der Waals surface area (Å²) in [4.78, 5) is 0. The second kappa shape index (κ2) is 7.75. The third-order valence-electron chi connectivity index (χ3n) is 0.836. The molecule has 1 heterocycles. The topological polar surface area (TPSA) is 0 Å². The first-order chi connectivity index (χ1) is 4.50. The Morgan fingerprint density at radius 2 is 1.80 bits per heavy atom. The fourth-order valence-corrected chi connectivity index (χ4v) is 1.86. The molecule has 0 unspecified atom stereocenters. The fraction of sp³-hybridized carbons (Fsp3) is 0.143. The largest absolute Gasteiger partial charge is 0.107 e. The van der Waals surface area contributed by atoms with Crippen LogP contribution in [-0.2, 0) is 0 Å². The average molecular weight is 284 g/mol. The van der Waals surface area contributed by atoms with Crippen LogP contribution in [0.4, 0.5) is 0 Å². The zero-order valence-electron chi connectivity index (χ0n) is 5.40. The van der Waals surface area contributed by atoms with Gasteiger partial charge in [-0.25, -0.2) is 0 Å². The molecule has 0 radical (unpaired) electrons. The third kappa shape index (κ3) is 5.44. The van der Waals surface area contributed by atoms with Crippen molar-refractivity contribution in [3.63, 3.8) is 0 Å². The van der Waals surface area contributed by atoms with E-state index in [1.54, 1.807) is 10.8 Å². The van der Waals surface area contributed by atoms with Gasteiger partial charge in [0.15, 0.2) is 0 Å². The van der Waals surface area contributed by atoms with Gasteiger partial charge in [0, 0.05) is 5.75 Å². The summed E-state index contributed by atoms with van der Waals surface area (Å²) in [6.07, 6.45) is 10.4. The molecule has 0 atom stereocenters. The van der Waals surface area contributed by atoms with E-state index in [4.69, 9.17) is 0 Å². The van der Waals surface area contributed by atoms with Crippen LogP contribution in [0.1, 0.15) is 0 Å². The molecule has 0 aromatic rings. The van der Waals surface area contributed by atoms with Gasteiger partial charge in [-0.05, 0) is 5.41 Å². The van der Waals surface area contributed by atoms with Gasteiger partial charge in [0.25, 0.3) is 0 Å². The Morgan fingerprint density at radius 1 is 1.00 bits per heavy atom. The lowest BCUT2D eigenvalue weighted by Gasteiger charge is -1.85. The zero-order valence-corrected chi connectivity index (χ0v) is 9.36. The van der Waals surface area contributed by atoms with Gasteiger partial charge >= 0.3 is 0 Å². The summed E-state index contributed by atoms with van der Waals surface area (Å²) in [6.45, 7) is 0. The number of halogens is 1. The molecule has 0 saturated carbocycles. The van der Waals surface area contributed by atoms with Gasteiger partial charge < -0.3 is 0 Å². The van der Waals surface area contributed by atoms with Crippen molar-refractivity contribution in [1.29, 1.82) is 0 Å². The first-order valence-corrected chi connectivity index (χ1v) is 5.15.